The molecule has 2 atom stereocenters. The number of alkyl carbamates (subject to hydrolysis) is 1. The van der Waals surface area contributed by atoms with Crippen molar-refractivity contribution >= 4 is 11.8 Å². The first-order valence-corrected chi connectivity index (χ1v) is 7.55. The van der Waals surface area contributed by atoms with Gasteiger partial charge in [0.05, 0.1) is 11.9 Å². The molecule has 1 fully saturated rings. The normalized spacial score (nSPS) is 22.1. The molecular weight excluding hydrogens is 268 g/mol. The maximum atomic E-state index is 11.7. The molecule has 0 aromatic carbocycles. The molecule has 1 aromatic heterocycles. The Bertz CT molecular complexity index is 478. The fourth-order valence-corrected chi connectivity index (χ4v) is 2.71. The van der Waals surface area contributed by atoms with Crippen LogP contribution >= 0.6 is 0 Å². The molecule has 1 amide bonds. The highest BCUT2D eigenvalue weighted by Gasteiger charge is 2.28. The van der Waals surface area contributed by atoms with Crippen molar-refractivity contribution in [3.8, 4) is 0 Å². The van der Waals surface area contributed by atoms with E-state index in [4.69, 9.17) is 4.74 Å². The van der Waals surface area contributed by atoms with E-state index in [1.807, 2.05) is 40.2 Å². The van der Waals surface area contributed by atoms with Crippen LogP contribution in [0.4, 0.5) is 10.5 Å². The maximum Gasteiger partial charge on any atom is 0.407 e. The molecule has 1 saturated carbocycles. The van der Waals surface area contributed by atoms with Gasteiger partial charge in [0.1, 0.15) is 5.60 Å². The van der Waals surface area contributed by atoms with Crippen LogP contribution in [0.15, 0.2) is 12.4 Å². The molecule has 21 heavy (non-hydrogen) atoms. The molecule has 0 aliphatic heterocycles. The highest BCUT2D eigenvalue weighted by molar-refractivity contribution is 5.67. The molecule has 2 unspecified atom stereocenters. The zero-order valence-electron chi connectivity index (χ0n) is 13.3. The van der Waals surface area contributed by atoms with E-state index in [1.54, 1.807) is 4.68 Å². The van der Waals surface area contributed by atoms with Crippen LogP contribution in [0.2, 0.25) is 0 Å². The van der Waals surface area contributed by atoms with Gasteiger partial charge in [0.25, 0.3) is 0 Å². The molecule has 1 aliphatic rings. The van der Waals surface area contributed by atoms with E-state index in [2.05, 4.69) is 15.7 Å². The summed E-state index contributed by atoms with van der Waals surface area (Å²) in [7, 11) is 1.90. The minimum absolute atomic E-state index is 0.338. The summed E-state index contributed by atoms with van der Waals surface area (Å²) in [6.45, 7) is 6.26. The van der Waals surface area contributed by atoms with Crippen molar-refractivity contribution in [2.24, 2.45) is 13.0 Å². The van der Waals surface area contributed by atoms with Gasteiger partial charge in [0.2, 0.25) is 0 Å². The second-order valence-electron chi connectivity index (χ2n) is 6.73. The smallest absolute Gasteiger partial charge is 0.407 e. The molecule has 6 nitrogen and oxygen atoms in total. The van der Waals surface area contributed by atoms with Gasteiger partial charge in [-0.05, 0) is 39.5 Å². The molecule has 118 valence electrons. The fourth-order valence-electron chi connectivity index (χ4n) is 2.71. The first-order valence-electron chi connectivity index (χ1n) is 7.55. The Morgan fingerprint density at radius 3 is 2.86 bits per heavy atom. The first kappa shape index (κ1) is 15.7. The van der Waals surface area contributed by atoms with Gasteiger partial charge < -0.3 is 15.4 Å². The average Bonchev–Trinajstić information content (AvgIpc) is 2.94. The lowest BCUT2D eigenvalue weighted by atomic mass is 10.0. The number of hydrogen-bond donors (Lipinski definition) is 2. The average molecular weight is 294 g/mol. The Labute approximate surface area is 126 Å². The summed E-state index contributed by atoms with van der Waals surface area (Å²) in [5.74, 6) is 0.428. The van der Waals surface area contributed by atoms with Gasteiger partial charge in [-0.25, -0.2) is 4.79 Å². The van der Waals surface area contributed by atoms with E-state index in [9.17, 15) is 4.79 Å². The van der Waals surface area contributed by atoms with E-state index >= 15 is 0 Å². The predicted molar refractivity (Wildman–Crippen MR) is 82.2 cm³/mol. The van der Waals surface area contributed by atoms with Crippen molar-refractivity contribution in [1.82, 2.24) is 15.1 Å². The highest BCUT2D eigenvalue weighted by atomic mass is 16.6. The SMILES string of the molecule is Cn1cc(NC2CCCC2CNC(=O)OC(C)(C)C)cn1. The number of rotatable bonds is 4. The quantitative estimate of drug-likeness (QED) is 0.895. The summed E-state index contributed by atoms with van der Waals surface area (Å²) in [5, 5.41) is 10.6. The van der Waals surface area contributed by atoms with Gasteiger partial charge in [-0.2, -0.15) is 5.10 Å². The minimum Gasteiger partial charge on any atom is -0.444 e. The third-order valence-corrected chi connectivity index (χ3v) is 3.62. The van der Waals surface area contributed by atoms with Crippen molar-refractivity contribution in [2.45, 2.75) is 51.7 Å². The second-order valence-corrected chi connectivity index (χ2v) is 6.73. The van der Waals surface area contributed by atoms with Gasteiger partial charge in [-0.15, -0.1) is 0 Å². The number of carbonyl (C=O) groups is 1. The minimum atomic E-state index is -0.451. The topological polar surface area (TPSA) is 68.2 Å². The van der Waals surface area contributed by atoms with Crippen molar-refractivity contribution in [2.75, 3.05) is 11.9 Å². The number of ether oxygens (including phenoxy) is 1. The van der Waals surface area contributed by atoms with Crippen LogP contribution in [0.25, 0.3) is 0 Å². The van der Waals surface area contributed by atoms with Gasteiger partial charge >= 0.3 is 6.09 Å². The van der Waals surface area contributed by atoms with Crippen molar-refractivity contribution in [1.29, 1.82) is 0 Å². The number of amides is 1. The lowest BCUT2D eigenvalue weighted by Crippen LogP contribution is -2.38. The number of aromatic nitrogens is 2. The van der Waals surface area contributed by atoms with Gasteiger partial charge in [0.15, 0.2) is 0 Å². The summed E-state index contributed by atoms with van der Waals surface area (Å²) in [4.78, 5) is 11.7. The Kier molecular flexibility index (Phi) is 4.75. The molecule has 0 radical (unpaired) electrons. The van der Waals surface area contributed by atoms with Gasteiger partial charge in [-0.1, -0.05) is 6.42 Å². The number of hydrogen-bond acceptors (Lipinski definition) is 4. The molecule has 2 rings (SSSR count). The maximum absolute atomic E-state index is 11.7. The molecule has 0 saturated heterocycles. The third-order valence-electron chi connectivity index (χ3n) is 3.62. The summed E-state index contributed by atoms with van der Waals surface area (Å²) in [5.41, 5.74) is 0.583. The zero-order valence-corrected chi connectivity index (χ0v) is 13.3. The number of carbonyl (C=O) groups excluding carboxylic acids is 1. The highest BCUT2D eigenvalue weighted by Crippen LogP contribution is 2.28. The Hall–Kier alpha value is -1.72. The molecule has 1 heterocycles. The van der Waals surface area contributed by atoms with Gasteiger partial charge in [-0.3, -0.25) is 4.68 Å². The van der Waals surface area contributed by atoms with Crippen molar-refractivity contribution in [3.05, 3.63) is 12.4 Å². The molecule has 1 aliphatic carbocycles. The molecule has 2 N–H and O–H groups in total. The lowest BCUT2D eigenvalue weighted by molar-refractivity contribution is 0.0519. The van der Waals surface area contributed by atoms with E-state index in [1.165, 1.54) is 6.42 Å². The van der Waals surface area contributed by atoms with Crippen LogP contribution in [0.3, 0.4) is 0 Å². The van der Waals surface area contributed by atoms with Crippen LogP contribution in [0.5, 0.6) is 0 Å². The number of nitrogens with one attached hydrogen (secondary N) is 2. The first-order chi connectivity index (χ1) is 9.83. The van der Waals surface area contributed by atoms with Gasteiger partial charge in [0, 0.05) is 25.8 Å². The number of nitrogens with zero attached hydrogens (tertiary/aromatic N) is 2. The Balaban J connectivity index is 1.80. The zero-order chi connectivity index (χ0) is 15.5. The van der Waals surface area contributed by atoms with E-state index in [-0.39, 0.29) is 6.09 Å². The fraction of sp³-hybridized carbons (Fsp3) is 0.733. The van der Waals surface area contributed by atoms with Crippen molar-refractivity contribution in [3.63, 3.8) is 0 Å². The summed E-state index contributed by atoms with van der Waals surface area (Å²) in [6, 6.07) is 0.379. The van der Waals surface area contributed by atoms with E-state index < -0.39 is 5.60 Å². The van der Waals surface area contributed by atoms with Crippen molar-refractivity contribution < 1.29 is 9.53 Å². The third kappa shape index (κ3) is 4.95. The standard InChI is InChI=1S/C15H26N4O2/c1-15(2,3)21-14(20)16-8-11-6-5-7-13(11)18-12-9-17-19(4)10-12/h9-11,13,18H,5-8H2,1-4H3,(H,16,20). The largest absolute Gasteiger partial charge is 0.444 e. The monoisotopic (exact) mass is 294 g/mol. The molecular formula is C15H26N4O2. The van der Waals surface area contributed by atoms with Crippen LogP contribution in [-0.4, -0.2) is 34.1 Å². The van der Waals surface area contributed by atoms with Crippen LogP contribution < -0.4 is 10.6 Å². The Morgan fingerprint density at radius 2 is 2.24 bits per heavy atom. The molecule has 6 heteroatoms. The Morgan fingerprint density at radius 1 is 1.48 bits per heavy atom. The van der Waals surface area contributed by atoms with E-state index in [0.717, 1.165) is 18.5 Å². The second kappa shape index (κ2) is 6.37. The number of anilines is 1. The van der Waals surface area contributed by atoms with Crippen LogP contribution in [-0.2, 0) is 11.8 Å². The summed E-state index contributed by atoms with van der Waals surface area (Å²) >= 11 is 0. The van der Waals surface area contributed by atoms with E-state index in [0.29, 0.717) is 18.5 Å². The lowest BCUT2D eigenvalue weighted by Gasteiger charge is -2.23. The van der Waals surface area contributed by atoms with Crippen LogP contribution in [0, 0.1) is 5.92 Å². The molecule has 0 spiro atoms. The summed E-state index contributed by atoms with van der Waals surface area (Å²) in [6.07, 6.45) is 6.88. The molecule has 1 aromatic rings. The molecule has 0 bridgehead atoms. The predicted octanol–water partition coefficient (Wildman–Crippen LogP) is 2.53. The summed E-state index contributed by atoms with van der Waals surface area (Å²) < 4.78 is 7.05. The number of aryl methyl sites for hydroxylation is 1. The van der Waals surface area contributed by atoms with Crippen LogP contribution in [0.1, 0.15) is 40.0 Å².